The molecule has 2 N–H and O–H groups in total. The number of nitrogens with one attached hydrogen (secondary N) is 2. The Morgan fingerprint density at radius 2 is 1.88 bits per heavy atom. The molecule has 0 bridgehead atoms. The van der Waals surface area contributed by atoms with Crippen molar-refractivity contribution < 1.29 is 9.59 Å². The molecular formula is C19H20N2O2S. The van der Waals surface area contributed by atoms with Crippen molar-refractivity contribution in [2.45, 2.75) is 24.3 Å². The highest BCUT2D eigenvalue weighted by molar-refractivity contribution is 7.98. The minimum Gasteiger partial charge on any atom is -0.352 e. The van der Waals surface area contributed by atoms with E-state index in [9.17, 15) is 9.59 Å². The van der Waals surface area contributed by atoms with Gasteiger partial charge in [-0.3, -0.25) is 9.59 Å². The van der Waals surface area contributed by atoms with E-state index in [-0.39, 0.29) is 17.7 Å². The minimum absolute atomic E-state index is 0.130. The standard InChI is InChI=1S/C19H20N2O2S/c1-24-17-4-2-3-16(11-17)21-19(23)15-7-5-13(6-8-15)12-20-18(22)14-9-10-14/h2-8,11,14H,9-10,12H2,1H3,(H,20,22)(H,21,23). The van der Waals surface area contributed by atoms with Crippen LogP contribution in [0.25, 0.3) is 0 Å². The largest absolute Gasteiger partial charge is 0.352 e. The Bertz CT molecular complexity index is 739. The van der Waals surface area contributed by atoms with Crippen LogP contribution in [0.3, 0.4) is 0 Å². The van der Waals surface area contributed by atoms with E-state index >= 15 is 0 Å². The lowest BCUT2D eigenvalue weighted by molar-refractivity contribution is -0.122. The summed E-state index contributed by atoms with van der Waals surface area (Å²) >= 11 is 1.64. The van der Waals surface area contributed by atoms with Crippen molar-refractivity contribution >= 4 is 29.3 Å². The first kappa shape index (κ1) is 16.6. The van der Waals surface area contributed by atoms with Crippen LogP contribution in [0.2, 0.25) is 0 Å². The predicted molar refractivity (Wildman–Crippen MR) is 97.2 cm³/mol. The Labute approximate surface area is 146 Å². The molecule has 4 nitrogen and oxygen atoms in total. The van der Waals surface area contributed by atoms with Crippen LogP contribution in [-0.2, 0) is 11.3 Å². The van der Waals surface area contributed by atoms with E-state index in [0.29, 0.717) is 12.1 Å². The lowest BCUT2D eigenvalue weighted by Gasteiger charge is -2.08. The van der Waals surface area contributed by atoms with Crippen molar-refractivity contribution in [3.05, 3.63) is 59.7 Å². The molecule has 0 saturated heterocycles. The summed E-state index contributed by atoms with van der Waals surface area (Å²) in [6.45, 7) is 0.507. The number of hydrogen-bond acceptors (Lipinski definition) is 3. The molecule has 0 unspecified atom stereocenters. The number of carbonyl (C=O) groups excluding carboxylic acids is 2. The van der Waals surface area contributed by atoms with Gasteiger partial charge in [-0.05, 0) is 55.0 Å². The number of carbonyl (C=O) groups is 2. The van der Waals surface area contributed by atoms with Crippen LogP contribution in [0.4, 0.5) is 5.69 Å². The SMILES string of the molecule is CSc1cccc(NC(=O)c2ccc(CNC(=O)C3CC3)cc2)c1. The molecule has 2 amide bonds. The van der Waals surface area contributed by atoms with E-state index in [0.717, 1.165) is 29.0 Å². The summed E-state index contributed by atoms with van der Waals surface area (Å²) in [6.07, 6.45) is 4.01. The van der Waals surface area contributed by atoms with E-state index < -0.39 is 0 Å². The molecule has 1 aliphatic carbocycles. The van der Waals surface area contributed by atoms with Crippen molar-refractivity contribution in [1.29, 1.82) is 0 Å². The summed E-state index contributed by atoms with van der Waals surface area (Å²) in [7, 11) is 0. The zero-order chi connectivity index (χ0) is 16.9. The number of hydrogen-bond donors (Lipinski definition) is 2. The second kappa shape index (κ2) is 7.53. The van der Waals surface area contributed by atoms with Crippen LogP contribution in [0.1, 0.15) is 28.8 Å². The highest BCUT2D eigenvalue weighted by Crippen LogP contribution is 2.28. The molecule has 0 aliphatic heterocycles. The Balaban J connectivity index is 1.57. The summed E-state index contributed by atoms with van der Waals surface area (Å²) < 4.78 is 0. The van der Waals surface area contributed by atoms with Crippen LogP contribution in [0.5, 0.6) is 0 Å². The van der Waals surface area contributed by atoms with Crippen molar-refractivity contribution in [3.63, 3.8) is 0 Å². The molecule has 3 rings (SSSR count). The molecule has 0 aromatic heterocycles. The Morgan fingerprint density at radius 1 is 1.12 bits per heavy atom. The monoisotopic (exact) mass is 340 g/mol. The summed E-state index contributed by atoms with van der Waals surface area (Å²) in [5, 5.41) is 5.82. The first-order chi connectivity index (χ1) is 11.7. The van der Waals surface area contributed by atoms with Gasteiger partial charge in [0.2, 0.25) is 5.91 Å². The van der Waals surface area contributed by atoms with E-state index in [4.69, 9.17) is 0 Å². The van der Waals surface area contributed by atoms with Gasteiger partial charge in [-0.15, -0.1) is 11.8 Å². The lowest BCUT2D eigenvalue weighted by atomic mass is 10.1. The van der Waals surface area contributed by atoms with E-state index in [1.807, 2.05) is 42.7 Å². The fraction of sp³-hybridized carbons (Fsp3) is 0.263. The van der Waals surface area contributed by atoms with Crippen molar-refractivity contribution in [2.24, 2.45) is 5.92 Å². The Kier molecular flexibility index (Phi) is 5.20. The maximum atomic E-state index is 12.3. The van der Waals surface area contributed by atoms with Crippen molar-refractivity contribution in [1.82, 2.24) is 5.32 Å². The number of benzene rings is 2. The molecule has 0 atom stereocenters. The number of thioether (sulfide) groups is 1. The van der Waals surface area contributed by atoms with Crippen LogP contribution < -0.4 is 10.6 Å². The zero-order valence-corrected chi connectivity index (χ0v) is 14.4. The average Bonchev–Trinajstić information content (AvgIpc) is 3.45. The molecule has 1 saturated carbocycles. The van der Waals surface area contributed by atoms with Gasteiger partial charge in [-0.2, -0.15) is 0 Å². The summed E-state index contributed by atoms with van der Waals surface area (Å²) in [4.78, 5) is 25.0. The maximum absolute atomic E-state index is 12.3. The van der Waals surface area contributed by atoms with E-state index in [1.165, 1.54) is 0 Å². The predicted octanol–water partition coefficient (Wildman–Crippen LogP) is 3.69. The molecule has 1 fully saturated rings. The van der Waals surface area contributed by atoms with Gasteiger partial charge in [0, 0.05) is 28.6 Å². The van der Waals surface area contributed by atoms with Gasteiger partial charge in [0.25, 0.3) is 5.91 Å². The quantitative estimate of drug-likeness (QED) is 0.789. The lowest BCUT2D eigenvalue weighted by Crippen LogP contribution is -2.24. The molecule has 5 heteroatoms. The molecule has 2 aromatic rings. The molecule has 124 valence electrons. The molecule has 0 radical (unpaired) electrons. The third-order valence-electron chi connectivity index (χ3n) is 3.96. The van der Waals surface area contributed by atoms with Gasteiger partial charge in [0.05, 0.1) is 0 Å². The van der Waals surface area contributed by atoms with Crippen LogP contribution in [-0.4, -0.2) is 18.1 Å². The third-order valence-corrected chi connectivity index (χ3v) is 4.68. The molecule has 0 spiro atoms. The first-order valence-electron chi connectivity index (χ1n) is 7.98. The fourth-order valence-electron chi connectivity index (χ4n) is 2.36. The van der Waals surface area contributed by atoms with Gasteiger partial charge in [0.15, 0.2) is 0 Å². The topological polar surface area (TPSA) is 58.2 Å². The zero-order valence-electron chi connectivity index (χ0n) is 13.5. The van der Waals surface area contributed by atoms with Crippen LogP contribution in [0, 0.1) is 5.92 Å². The highest BCUT2D eigenvalue weighted by atomic mass is 32.2. The van der Waals surface area contributed by atoms with Crippen molar-refractivity contribution in [3.8, 4) is 0 Å². The van der Waals surface area contributed by atoms with Gasteiger partial charge in [-0.25, -0.2) is 0 Å². The molecule has 0 heterocycles. The van der Waals surface area contributed by atoms with Crippen LogP contribution >= 0.6 is 11.8 Å². The average molecular weight is 340 g/mol. The summed E-state index contributed by atoms with van der Waals surface area (Å²) in [6, 6.07) is 15.1. The van der Waals surface area contributed by atoms with Gasteiger partial charge < -0.3 is 10.6 Å². The molecular weight excluding hydrogens is 320 g/mol. The number of amides is 2. The second-order valence-electron chi connectivity index (χ2n) is 5.88. The smallest absolute Gasteiger partial charge is 0.255 e. The summed E-state index contributed by atoms with van der Waals surface area (Å²) in [5.41, 5.74) is 2.37. The van der Waals surface area contributed by atoms with Crippen molar-refractivity contribution in [2.75, 3.05) is 11.6 Å². The Hall–Kier alpha value is -2.27. The normalized spacial score (nSPS) is 13.4. The van der Waals surface area contributed by atoms with Gasteiger partial charge in [0.1, 0.15) is 0 Å². The second-order valence-corrected chi connectivity index (χ2v) is 6.75. The first-order valence-corrected chi connectivity index (χ1v) is 9.20. The van der Waals surface area contributed by atoms with Gasteiger partial charge >= 0.3 is 0 Å². The molecule has 24 heavy (non-hydrogen) atoms. The molecule has 1 aliphatic rings. The fourth-order valence-corrected chi connectivity index (χ4v) is 2.82. The number of anilines is 1. The van der Waals surface area contributed by atoms with E-state index in [1.54, 1.807) is 23.9 Å². The summed E-state index contributed by atoms with van der Waals surface area (Å²) in [5.74, 6) is 0.208. The van der Waals surface area contributed by atoms with Gasteiger partial charge in [-0.1, -0.05) is 18.2 Å². The molecule has 2 aromatic carbocycles. The Morgan fingerprint density at radius 3 is 2.54 bits per heavy atom. The number of rotatable bonds is 6. The minimum atomic E-state index is -0.137. The maximum Gasteiger partial charge on any atom is 0.255 e. The third kappa shape index (κ3) is 4.38. The van der Waals surface area contributed by atoms with E-state index in [2.05, 4.69) is 10.6 Å². The van der Waals surface area contributed by atoms with Crippen LogP contribution in [0.15, 0.2) is 53.4 Å². The highest BCUT2D eigenvalue weighted by Gasteiger charge is 2.29.